The van der Waals surface area contributed by atoms with Gasteiger partial charge >= 0.3 is 0 Å². The van der Waals surface area contributed by atoms with Crippen LogP contribution in [0.1, 0.15) is 29.0 Å². The van der Waals surface area contributed by atoms with Crippen molar-refractivity contribution < 1.29 is 4.79 Å². The van der Waals surface area contributed by atoms with Crippen molar-refractivity contribution in [3.8, 4) is 0 Å². The van der Waals surface area contributed by atoms with E-state index >= 15 is 0 Å². The van der Waals surface area contributed by atoms with Crippen LogP contribution in [0.2, 0.25) is 0 Å². The van der Waals surface area contributed by atoms with Crippen molar-refractivity contribution in [3.05, 3.63) is 29.6 Å². The van der Waals surface area contributed by atoms with Crippen LogP contribution in [-0.2, 0) is 0 Å². The smallest absolute Gasteiger partial charge is 0.272 e. The van der Waals surface area contributed by atoms with E-state index in [0.717, 1.165) is 37.0 Å². The Morgan fingerprint density at radius 2 is 2.41 bits per heavy atom. The Kier molecular flexibility index (Phi) is 4.15. The predicted molar refractivity (Wildman–Crippen MR) is 71.4 cm³/mol. The Morgan fingerprint density at radius 3 is 3.12 bits per heavy atom. The van der Waals surface area contributed by atoms with Crippen LogP contribution in [-0.4, -0.2) is 34.2 Å². The van der Waals surface area contributed by atoms with Crippen LogP contribution in [0.3, 0.4) is 0 Å². The lowest BCUT2D eigenvalue weighted by atomic mass is 10.1. The van der Waals surface area contributed by atoms with Crippen molar-refractivity contribution in [1.82, 2.24) is 9.88 Å². The number of aromatic nitrogens is 1. The summed E-state index contributed by atoms with van der Waals surface area (Å²) in [6.07, 6.45) is 2.26. The van der Waals surface area contributed by atoms with Crippen LogP contribution >= 0.6 is 15.9 Å². The number of nitrogens with zero attached hydrogens (tertiary/aromatic N) is 2. The first-order valence-electron chi connectivity index (χ1n) is 5.99. The molecule has 0 spiro atoms. The number of likely N-dealkylation sites (tertiary alicyclic amines) is 1. The maximum atomic E-state index is 12.2. The molecule has 1 amide bonds. The molecule has 1 fully saturated rings. The summed E-state index contributed by atoms with van der Waals surface area (Å²) in [7, 11) is 0. The molecule has 0 aromatic carbocycles. The average molecular weight is 297 g/mol. The largest absolute Gasteiger partial charge is 0.337 e. The number of pyridine rings is 1. The van der Waals surface area contributed by atoms with Crippen LogP contribution in [0, 0.1) is 12.8 Å². The first kappa shape index (κ1) is 12.6. The molecule has 0 radical (unpaired) electrons. The van der Waals surface area contributed by atoms with E-state index in [1.807, 2.05) is 24.0 Å². The molecule has 1 unspecified atom stereocenters. The fraction of sp³-hybridized carbons (Fsp3) is 0.538. The van der Waals surface area contributed by atoms with Gasteiger partial charge in [-0.1, -0.05) is 22.0 Å². The quantitative estimate of drug-likeness (QED) is 0.804. The number of carbonyl (C=O) groups is 1. The molecule has 4 heteroatoms. The Hall–Kier alpha value is -0.900. The van der Waals surface area contributed by atoms with Crippen molar-refractivity contribution >= 4 is 21.8 Å². The predicted octanol–water partition coefficient (Wildman–Crippen LogP) is 2.64. The van der Waals surface area contributed by atoms with E-state index in [2.05, 4.69) is 20.9 Å². The first-order chi connectivity index (χ1) is 8.20. The minimum absolute atomic E-state index is 0.0748. The third-order valence-corrected chi connectivity index (χ3v) is 3.66. The third kappa shape index (κ3) is 3.06. The summed E-state index contributed by atoms with van der Waals surface area (Å²) in [5.74, 6) is 0.717. The molecule has 2 rings (SSSR count). The Labute approximate surface area is 110 Å². The summed E-state index contributed by atoms with van der Waals surface area (Å²) in [6, 6.07) is 5.60. The highest BCUT2D eigenvalue weighted by atomic mass is 79.9. The summed E-state index contributed by atoms with van der Waals surface area (Å²) >= 11 is 3.46. The molecule has 1 aromatic heterocycles. The molecule has 0 N–H and O–H groups in total. The Morgan fingerprint density at radius 1 is 1.59 bits per heavy atom. The highest BCUT2D eigenvalue weighted by Gasteiger charge is 2.26. The molecule has 1 aliphatic heterocycles. The van der Waals surface area contributed by atoms with Crippen molar-refractivity contribution in [2.45, 2.75) is 19.8 Å². The molecule has 92 valence electrons. The standard InChI is InChI=1S/C13H17BrN2O/c1-10-3-2-4-12(15-10)13(17)16-8-6-11(9-16)5-7-14/h2-4,11H,5-9H2,1H3. The van der Waals surface area contributed by atoms with Gasteiger partial charge in [0, 0.05) is 24.1 Å². The summed E-state index contributed by atoms with van der Waals surface area (Å²) in [4.78, 5) is 18.4. The zero-order valence-electron chi connectivity index (χ0n) is 10.0. The lowest BCUT2D eigenvalue weighted by Crippen LogP contribution is -2.29. The van der Waals surface area contributed by atoms with Gasteiger partial charge in [-0.2, -0.15) is 0 Å². The van der Waals surface area contributed by atoms with Gasteiger partial charge in [-0.25, -0.2) is 4.98 Å². The minimum Gasteiger partial charge on any atom is -0.337 e. The van der Waals surface area contributed by atoms with E-state index in [-0.39, 0.29) is 5.91 Å². The number of hydrogen-bond donors (Lipinski definition) is 0. The summed E-state index contributed by atoms with van der Waals surface area (Å²) in [5, 5.41) is 1.02. The second-order valence-corrected chi connectivity index (χ2v) is 5.34. The van der Waals surface area contributed by atoms with Gasteiger partial charge in [0.25, 0.3) is 5.91 Å². The van der Waals surface area contributed by atoms with E-state index in [1.54, 1.807) is 6.07 Å². The second kappa shape index (κ2) is 5.63. The van der Waals surface area contributed by atoms with Crippen LogP contribution < -0.4 is 0 Å². The first-order valence-corrected chi connectivity index (χ1v) is 7.11. The monoisotopic (exact) mass is 296 g/mol. The Bertz CT molecular complexity index is 408. The highest BCUT2D eigenvalue weighted by molar-refractivity contribution is 9.09. The number of amides is 1. The van der Waals surface area contributed by atoms with E-state index < -0.39 is 0 Å². The van der Waals surface area contributed by atoms with Gasteiger partial charge in [-0.3, -0.25) is 4.79 Å². The van der Waals surface area contributed by atoms with Crippen molar-refractivity contribution in [2.75, 3.05) is 18.4 Å². The molecule has 1 aliphatic rings. The Balaban J connectivity index is 2.02. The molecule has 0 bridgehead atoms. The molecule has 17 heavy (non-hydrogen) atoms. The topological polar surface area (TPSA) is 33.2 Å². The van der Waals surface area contributed by atoms with E-state index in [1.165, 1.54) is 0 Å². The zero-order valence-corrected chi connectivity index (χ0v) is 11.6. The summed E-state index contributed by atoms with van der Waals surface area (Å²) < 4.78 is 0. The number of aryl methyl sites for hydroxylation is 1. The molecule has 1 saturated heterocycles. The van der Waals surface area contributed by atoms with E-state index in [9.17, 15) is 4.79 Å². The molecule has 0 aliphatic carbocycles. The van der Waals surface area contributed by atoms with Gasteiger partial charge in [0.1, 0.15) is 5.69 Å². The third-order valence-electron chi connectivity index (χ3n) is 3.20. The fourth-order valence-corrected chi connectivity index (χ4v) is 2.88. The maximum Gasteiger partial charge on any atom is 0.272 e. The van der Waals surface area contributed by atoms with Gasteiger partial charge in [0.15, 0.2) is 0 Å². The fourth-order valence-electron chi connectivity index (χ4n) is 2.23. The van der Waals surface area contributed by atoms with Crippen LogP contribution in [0.5, 0.6) is 0 Å². The average Bonchev–Trinajstić information content (AvgIpc) is 2.77. The van der Waals surface area contributed by atoms with Gasteiger partial charge < -0.3 is 4.90 Å². The molecule has 3 nitrogen and oxygen atoms in total. The summed E-state index contributed by atoms with van der Waals surface area (Å²) in [5.41, 5.74) is 1.47. The van der Waals surface area contributed by atoms with E-state index in [0.29, 0.717) is 11.6 Å². The minimum atomic E-state index is 0.0748. The van der Waals surface area contributed by atoms with Crippen LogP contribution in [0.25, 0.3) is 0 Å². The number of hydrogen-bond acceptors (Lipinski definition) is 2. The van der Waals surface area contributed by atoms with Gasteiger partial charge in [-0.05, 0) is 37.8 Å². The lowest BCUT2D eigenvalue weighted by molar-refractivity contribution is 0.0781. The molecule has 2 heterocycles. The summed E-state index contributed by atoms with van der Waals surface area (Å²) in [6.45, 7) is 3.65. The molecular weight excluding hydrogens is 280 g/mol. The van der Waals surface area contributed by atoms with Crippen molar-refractivity contribution in [1.29, 1.82) is 0 Å². The van der Waals surface area contributed by atoms with Crippen LogP contribution in [0.4, 0.5) is 0 Å². The van der Waals surface area contributed by atoms with Crippen molar-refractivity contribution in [3.63, 3.8) is 0 Å². The molecule has 1 aromatic rings. The van der Waals surface area contributed by atoms with Crippen LogP contribution in [0.15, 0.2) is 18.2 Å². The lowest BCUT2D eigenvalue weighted by Gasteiger charge is -2.16. The maximum absolute atomic E-state index is 12.2. The number of halogens is 1. The highest BCUT2D eigenvalue weighted by Crippen LogP contribution is 2.21. The van der Waals surface area contributed by atoms with E-state index in [4.69, 9.17) is 0 Å². The van der Waals surface area contributed by atoms with Gasteiger partial charge in [-0.15, -0.1) is 0 Å². The number of carbonyl (C=O) groups excluding carboxylic acids is 1. The van der Waals surface area contributed by atoms with Gasteiger partial charge in [0.2, 0.25) is 0 Å². The molecule has 0 saturated carbocycles. The van der Waals surface area contributed by atoms with Gasteiger partial charge in [0.05, 0.1) is 0 Å². The van der Waals surface area contributed by atoms with Crippen molar-refractivity contribution in [2.24, 2.45) is 5.92 Å². The molecule has 1 atom stereocenters. The number of alkyl halides is 1. The SMILES string of the molecule is Cc1cccc(C(=O)N2CCC(CCBr)C2)n1. The zero-order chi connectivity index (χ0) is 12.3. The number of rotatable bonds is 3. The molecular formula is C13H17BrN2O. The second-order valence-electron chi connectivity index (χ2n) is 4.55. The normalized spacial score (nSPS) is 19.6.